The van der Waals surface area contributed by atoms with Crippen molar-refractivity contribution < 1.29 is 19.1 Å². The molecule has 1 aromatic carbocycles. The molecule has 0 radical (unpaired) electrons. The average molecular weight is 313 g/mol. The van der Waals surface area contributed by atoms with E-state index in [0.717, 1.165) is 11.1 Å². The molecule has 4 nitrogen and oxygen atoms in total. The van der Waals surface area contributed by atoms with Gasteiger partial charge in [-0.25, -0.2) is 0 Å². The summed E-state index contributed by atoms with van der Waals surface area (Å²) in [6.45, 7) is 11.9. The molecule has 0 saturated heterocycles. The van der Waals surface area contributed by atoms with Gasteiger partial charge in [-0.15, -0.1) is 0 Å². The van der Waals surface area contributed by atoms with Gasteiger partial charge in [0, 0.05) is 13.3 Å². The number of rotatable bonds is 3. The standard InChI is InChI=1S/C16H27O4P/c1-15(2,3)12-8-11(10-21(18,19)20-7)9-13(14(12)17)16(4,5)6/h8-9,17H,10H2,1-7H3,(H,18,19)/p-1. The minimum Gasteiger partial charge on any atom is -0.778 e. The van der Waals surface area contributed by atoms with Gasteiger partial charge >= 0.3 is 0 Å². The van der Waals surface area contributed by atoms with Gasteiger partial charge in [0.05, 0.1) is 0 Å². The maximum absolute atomic E-state index is 11.7. The summed E-state index contributed by atoms with van der Waals surface area (Å²) in [4.78, 5) is 11.7. The highest BCUT2D eigenvalue weighted by molar-refractivity contribution is 7.50. The SMILES string of the molecule is COP(=O)([O-])Cc1cc(C(C)(C)C)c(O)c(C(C)(C)C)c1. The van der Waals surface area contributed by atoms with Crippen LogP contribution in [-0.2, 0) is 26.1 Å². The summed E-state index contributed by atoms with van der Waals surface area (Å²) in [5, 5.41) is 10.6. The molecular weight excluding hydrogens is 287 g/mol. The van der Waals surface area contributed by atoms with Crippen LogP contribution < -0.4 is 4.89 Å². The molecule has 0 spiro atoms. The maximum atomic E-state index is 11.7. The minimum absolute atomic E-state index is 0.171. The van der Waals surface area contributed by atoms with Crippen molar-refractivity contribution in [1.29, 1.82) is 0 Å². The fraction of sp³-hybridized carbons (Fsp3) is 0.625. The summed E-state index contributed by atoms with van der Waals surface area (Å²) in [7, 11) is -2.72. The number of benzene rings is 1. The van der Waals surface area contributed by atoms with Crippen molar-refractivity contribution in [1.82, 2.24) is 0 Å². The van der Waals surface area contributed by atoms with Gasteiger partial charge in [0.25, 0.3) is 0 Å². The van der Waals surface area contributed by atoms with E-state index in [9.17, 15) is 14.6 Å². The molecule has 0 fully saturated rings. The molecule has 1 atom stereocenters. The van der Waals surface area contributed by atoms with Crippen molar-refractivity contribution in [3.63, 3.8) is 0 Å². The first-order chi connectivity index (χ1) is 9.28. The van der Waals surface area contributed by atoms with Crippen LogP contribution in [0.15, 0.2) is 12.1 Å². The predicted octanol–water partition coefficient (Wildman–Crippen LogP) is 3.69. The second-order valence-corrected chi connectivity index (χ2v) is 9.39. The monoisotopic (exact) mass is 313 g/mol. The van der Waals surface area contributed by atoms with Crippen molar-refractivity contribution in [2.75, 3.05) is 7.11 Å². The Hall–Kier alpha value is -0.830. The third kappa shape index (κ3) is 4.57. The molecular formula is C16H26O4P-. The van der Waals surface area contributed by atoms with Crippen LogP contribution in [0.2, 0.25) is 0 Å². The molecule has 0 aliphatic rings. The Morgan fingerprint density at radius 2 is 1.48 bits per heavy atom. The van der Waals surface area contributed by atoms with Crippen molar-refractivity contribution >= 4 is 7.60 Å². The lowest BCUT2D eigenvalue weighted by Crippen LogP contribution is -2.18. The van der Waals surface area contributed by atoms with Crippen LogP contribution in [0.3, 0.4) is 0 Å². The molecule has 1 aromatic rings. The van der Waals surface area contributed by atoms with Gasteiger partial charge in [-0.3, -0.25) is 0 Å². The lowest BCUT2D eigenvalue weighted by molar-refractivity contribution is -0.196. The highest BCUT2D eigenvalue weighted by atomic mass is 31.2. The fourth-order valence-electron chi connectivity index (χ4n) is 2.22. The molecule has 0 aliphatic carbocycles. The summed E-state index contributed by atoms with van der Waals surface area (Å²) in [6, 6.07) is 3.52. The lowest BCUT2D eigenvalue weighted by atomic mass is 9.78. The van der Waals surface area contributed by atoms with E-state index < -0.39 is 7.60 Å². The van der Waals surface area contributed by atoms with E-state index in [2.05, 4.69) is 4.52 Å². The van der Waals surface area contributed by atoms with Crippen molar-refractivity contribution in [2.24, 2.45) is 0 Å². The van der Waals surface area contributed by atoms with E-state index in [1.54, 1.807) is 12.1 Å². The van der Waals surface area contributed by atoms with Crippen LogP contribution in [0.25, 0.3) is 0 Å². The van der Waals surface area contributed by atoms with Crippen LogP contribution in [0.1, 0.15) is 58.2 Å². The number of phenols is 1. The third-order valence-electron chi connectivity index (χ3n) is 3.44. The molecule has 0 amide bonds. The Bertz CT molecular complexity index is 530. The molecule has 0 heterocycles. The molecule has 1 N–H and O–H groups in total. The van der Waals surface area contributed by atoms with Gasteiger partial charge in [0.15, 0.2) is 0 Å². The topological polar surface area (TPSA) is 69.6 Å². The highest BCUT2D eigenvalue weighted by Crippen LogP contribution is 2.44. The first kappa shape index (κ1) is 18.2. The Labute approximate surface area is 127 Å². The quantitative estimate of drug-likeness (QED) is 0.864. The van der Waals surface area contributed by atoms with Crippen LogP contribution >= 0.6 is 7.60 Å². The first-order valence-electron chi connectivity index (χ1n) is 7.00. The van der Waals surface area contributed by atoms with Gasteiger partial charge in [0.2, 0.25) is 0 Å². The fourth-order valence-corrected chi connectivity index (χ4v) is 2.98. The average Bonchev–Trinajstić information content (AvgIpc) is 2.28. The summed E-state index contributed by atoms with van der Waals surface area (Å²) in [5.74, 6) is 0.247. The Morgan fingerprint density at radius 3 is 1.76 bits per heavy atom. The second-order valence-electron chi connectivity index (χ2n) is 7.49. The smallest absolute Gasteiger partial charge is 0.139 e. The molecule has 1 unspecified atom stereocenters. The Kier molecular flexibility index (Phi) is 4.99. The number of aromatic hydroxyl groups is 1. The molecule has 0 aromatic heterocycles. The van der Waals surface area contributed by atoms with Crippen LogP contribution in [0.5, 0.6) is 5.75 Å². The molecule has 1 rings (SSSR count). The van der Waals surface area contributed by atoms with Crippen LogP contribution in [0, 0.1) is 0 Å². The Morgan fingerprint density at radius 1 is 1.10 bits per heavy atom. The number of hydrogen-bond acceptors (Lipinski definition) is 4. The number of hydrogen-bond donors (Lipinski definition) is 1. The van der Waals surface area contributed by atoms with E-state index in [0.29, 0.717) is 5.56 Å². The summed E-state index contributed by atoms with van der Waals surface area (Å²) in [5.41, 5.74) is 1.59. The molecule has 0 bridgehead atoms. The third-order valence-corrected chi connectivity index (χ3v) is 4.75. The summed E-state index contributed by atoms with van der Waals surface area (Å²) in [6.07, 6.45) is -0.171. The molecule has 120 valence electrons. The van der Waals surface area contributed by atoms with E-state index >= 15 is 0 Å². The first-order valence-corrected chi connectivity index (χ1v) is 8.73. The van der Waals surface area contributed by atoms with Crippen molar-refractivity contribution in [3.8, 4) is 5.75 Å². The van der Waals surface area contributed by atoms with Gasteiger partial charge in [-0.2, -0.15) is 0 Å². The summed E-state index contributed by atoms with van der Waals surface area (Å²) >= 11 is 0. The zero-order valence-corrected chi connectivity index (χ0v) is 14.9. The molecule has 21 heavy (non-hydrogen) atoms. The highest BCUT2D eigenvalue weighted by Gasteiger charge is 2.27. The summed E-state index contributed by atoms with van der Waals surface area (Å²) < 4.78 is 16.3. The van der Waals surface area contributed by atoms with Gasteiger partial charge in [-0.1, -0.05) is 53.7 Å². The zero-order chi connectivity index (χ0) is 16.6. The van der Waals surface area contributed by atoms with E-state index in [1.807, 2.05) is 41.5 Å². The van der Waals surface area contributed by atoms with E-state index in [4.69, 9.17) is 0 Å². The van der Waals surface area contributed by atoms with E-state index in [-0.39, 0.29) is 22.7 Å². The zero-order valence-electron chi connectivity index (χ0n) is 14.0. The van der Waals surface area contributed by atoms with Crippen LogP contribution in [0.4, 0.5) is 0 Å². The number of phenolic OH excluding ortho intramolecular Hbond substituents is 1. The molecule has 0 aliphatic heterocycles. The Balaban J connectivity index is 3.52. The maximum Gasteiger partial charge on any atom is 0.139 e. The molecule has 0 saturated carbocycles. The molecule has 5 heteroatoms. The van der Waals surface area contributed by atoms with E-state index in [1.165, 1.54) is 7.11 Å². The van der Waals surface area contributed by atoms with Gasteiger partial charge in [-0.05, 0) is 27.5 Å². The minimum atomic E-state index is -3.89. The lowest BCUT2D eigenvalue weighted by Gasteiger charge is -2.29. The largest absolute Gasteiger partial charge is 0.778 e. The van der Waals surface area contributed by atoms with Crippen molar-refractivity contribution in [2.45, 2.75) is 58.5 Å². The van der Waals surface area contributed by atoms with Crippen molar-refractivity contribution in [3.05, 3.63) is 28.8 Å². The normalized spacial score (nSPS) is 15.8. The van der Waals surface area contributed by atoms with Gasteiger partial charge in [0.1, 0.15) is 13.3 Å². The van der Waals surface area contributed by atoms with Gasteiger partial charge < -0.3 is 19.1 Å². The predicted molar refractivity (Wildman–Crippen MR) is 83.8 cm³/mol. The second kappa shape index (κ2) is 5.75. The van der Waals surface area contributed by atoms with Crippen LogP contribution in [-0.4, -0.2) is 12.2 Å².